The van der Waals surface area contributed by atoms with Crippen LogP contribution in [-0.4, -0.2) is 75.4 Å². The van der Waals surface area contributed by atoms with Gasteiger partial charge in [-0.2, -0.15) is 0 Å². The summed E-state index contributed by atoms with van der Waals surface area (Å²) in [6.45, 7) is 6.94. The van der Waals surface area contributed by atoms with E-state index in [0.29, 0.717) is 39.3 Å². The number of hydrogen-bond acceptors (Lipinski definition) is 6. The summed E-state index contributed by atoms with van der Waals surface area (Å²) in [5, 5.41) is 11.8. The van der Waals surface area contributed by atoms with Gasteiger partial charge in [0.25, 0.3) is 5.91 Å². The Hall–Kier alpha value is -2.91. The lowest BCUT2D eigenvalue weighted by Gasteiger charge is -2.29. The second kappa shape index (κ2) is 11.7. The number of aryl methyl sites for hydroxylation is 1. The lowest BCUT2D eigenvalue weighted by molar-refractivity contribution is -0.188. The number of hydroxylamine groups is 2. The van der Waals surface area contributed by atoms with Crippen molar-refractivity contribution in [3.05, 3.63) is 48.0 Å². The van der Waals surface area contributed by atoms with Crippen molar-refractivity contribution in [2.45, 2.75) is 58.0 Å². The van der Waals surface area contributed by atoms with Gasteiger partial charge in [-0.25, -0.2) is 10.0 Å². The van der Waals surface area contributed by atoms with Crippen molar-refractivity contribution in [1.82, 2.24) is 19.5 Å². The van der Waals surface area contributed by atoms with Crippen LogP contribution < -0.4 is 4.74 Å². The number of imidazole rings is 1. The smallest absolute Gasteiger partial charge is 0.308 e. The Bertz CT molecular complexity index is 996. The van der Waals surface area contributed by atoms with Crippen LogP contribution in [0.3, 0.4) is 0 Å². The van der Waals surface area contributed by atoms with E-state index in [1.54, 1.807) is 12.5 Å². The van der Waals surface area contributed by atoms with Crippen LogP contribution in [0.1, 0.15) is 50.2 Å². The summed E-state index contributed by atoms with van der Waals surface area (Å²) < 4.78 is 7.60. The third-order valence-corrected chi connectivity index (χ3v) is 6.91. The summed E-state index contributed by atoms with van der Waals surface area (Å²) in [7, 11) is 0. The molecule has 0 saturated carbocycles. The van der Waals surface area contributed by atoms with Crippen LogP contribution in [0.4, 0.5) is 0 Å². The number of benzene rings is 1. The minimum absolute atomic E-state index is 0.125. The predicted molar refractivity (Wildman–Crippen MR) is 130 cm³/mol. The van der Waals surface area contributed by atoms with Gasteiger partial charge in [-0.05, 0) is 36.5 Å². The van der Waals surface area contributed by atoms with Gasteiger partial charge in [0, 0.05) is 50.4 Å². The molecule has 2 aliphatic heterocycles. The van der Waals surface area contributed by atoms with Gasteiger partial charge in [0.15, 0.2) is 0 Å². The third-order valence-electron chi connectivity index (χ3n) is 6.91. The van der Waals surface area contributed by atoms with Crippen LogP contribution in [0.25, 0.3) is 0 Å². The Morgan fingerprint density at radius 1 is 1.29 bits per heavy atom. The van der Waals surface area contributed by atoms with Crippen LogP contribution in [0.5, 0.6) is 5.75 Å². The fourth-order valence-corrected chi connectivity index (χ4v) is 5.25. The van der Waals surface area contributed by atoms with Gasteiger partial charge in [-0.15, -0.1) is 0 Å². The van der Waals surface area contributed by atoms with Gasteiger partial charge >= 0.3 is 5.97 Å². The second-order valence-electron chi connectivity index (χ2n) is 9.35. The molecule has 1 amide bonds. The number of likely N-dealkylation sites (tertiary alicyclic amines) is 1. The minimum Gasteiger partial charge on any atom is -0.493 e. The molecule has 0 spiro atoms. The number of carboxylic acids is 1. The number of aromatic nitrogens is 2. The summed E-state index contributed by atoms with van der Waals surface area (Å²) in [6.07, 6.45) is 8.37. The molecular weight excluding hydrogens is 448 g/mol. The van der Waals surface area contributed by atoms with Crippen molar-refractivity contribution in [2.75, 3.05) is 32.8 Å². The van der Waals surface area contributed by atoms with E-state index in [1.807, 2.05) is 41.6 Å². The number of ether oxygens (including phenoxy) is 1. The van der Waals surface area contributed by atoms with Crippen molar-refractivity contribution >= 4 is 11.9 Å². The average Bonchev–Trinajstić information content (AvgIpc) is 3.59. The standard InChI is InChI=1S/C26H36N4O5/c1-3-10-30(35-13-4-2)24(31)17-29-16-21(19-5-6-23-20(15-19)8-14-34-23)25(26(32)33)22(29)7-11-28-12-9-27-18-28/h5-6,9,12,15,18,21-22,25H,3-4,7-8,10-11,13-14,16-17H2,1-2H3,(H,32,33)/t21-,22+,25?/m1/s1. The van der Waals surface area contributed by atoms with Gasteiger partial charge in [0.2, 0.25) is 0 Å². The molecule has 1 aromatic carbocycles. The molecule has 0 bridgehead atoms. The molecular formula is C26H36N4O5. The summed E-state index contributed by atoms with van der Waals surface area (Å²) in [6, 6.07) is 5.74. The maximum absolute atomic E-state index is 13.2. The molecule has 2 aliphatic rings. The molecule has 4 rings (SSSR count). The zero-order chi connectivity index (χ0) is 24.8. The van der Waals surface area contributed by atoms with Crippen molar-refractivity contribution < 1.29 is 24.3 Å². The monoisotopic (exact) mass is 484 g/mol. The van der Waals surface area contributed by atoms with Gasteiger partial charge < -0.3 is 14.4 Å². The number of rotatable bonds is 12. The summed E-state index contributed by atoms with van der Waals surface area (Å²) >= 11 is 0. The van der Waals surface area contributed by atoms with E-state index in [4.69, 9.17) is 9.57 Å². The SMILES string of the molecule is CCCON(CCC)C(=O)CN1C[C@H](c2ccc3c(c2)CCO3)C(C(=O)O)[C@@H]1CCn1ccnc1. The fourth-order valence-electron chi connectivity index (χ4n) is 5.25. The first kappa shape index (κ1) is 25.2. The molecule has 9 heteroatoms. The van der Waals surface area contributed by atoms with Crippen LogP contribution >= 0.6 is 0 Å². The molecule has 3 heterocycles. The van der Waals surface area contributed by atoms with Crippen molar-refractivity contribution in [3.63, 3.8) is 0 Å². The molecule has 3 atom stereocenters. The molecule has 1 saturated heterocycles. The van der Waals surface area contributed by atoms with E-state index in [2.05, 4.69) is 11.1 Å². The first-order chi connectivity index (χ1) is 17.0. The highest BCUT2D eigenvalue weighted by Gasteiger charge is 2.47. The van der Waals surface area contributed by atoms with Gasteiger partial charge in [-0.1, -0.05) is 26.0 Å². The number of amides is 1. The third kappa shape index (κ3) is 5.85. The highest BCUT2D eigenvalue weighted by molar-refractivity contribution is 5.78. The highest BCUT2D eigenvalue weighted by atomic mass is 16.7. The highest BCUT2D eigenvalue weighted by Crippen LogP contribution is 2.41. The quantitative estimate of drug-likeness (QED) is 0.463. The Labute approximate surface area is 206 Å². The van der Waals surface area contributed by atoms with Gasteiger partial charge in [0.05, 0.1) is 32.0 Å². The van der Waals surface area contributed by atoms with Crippen LogP contribution in [0.15, 0.2) is 36.9 Å². The van der Waals surface area contributed by atoms with Crippen molar-refractivity contribution in [1.29, 1.82) is 0 Å². The van der Waals surface area contributed by atoms with E-state index >= 15 is 0 Å². The van der Waals surface area contributed by atoms with E-state index < -0.39 is 11.9 Å². The molecule has 1 aromatic heterocycles. The molecule has 1 N–H and O–H groups in total. The lowest BCUT2D eigenvalue weighted by Crippen LogP contribution is -2.44. The van der Waals surface area contributed by atoms with E-state index in [-0.39, 0.29) is 24.4 Å². The van der Waals surface area contributed by atoms with Gasteiger partial charge in [-0.3, -0.25) is 19.3 Å². The zero-order valence-corrected chi connectivity index (χ0v) is 20.6. The van der Waals surface area contributed by atoms with Crippen LogP contribution in [0.2, 0.25) is 0 Å². The Balaban J connectivity index is 1.58. The van der Waals surface area contributed by atoms with E-state index in [1.165, 1.54) is 5.06 Å². The number of carbonyl (C=O) groups excluding carboxylic acids is 1. The number of hydrogen-bond donors (Lipinski definition) is 1. The predicted octanol–water partition coefficient (Wildman–Crippen LogP) is 2.96. The molecule has 35 heavy (non-hydrogen) atoms. The molecule has 1 unspecified atom stereocenters. The van der Waals surface area contributed by atoms with Crippen LogP contribution in [0, 0.1) is 5.92 Å². The first-order valence-electron chi connectivity index (χ1n) is 12.6. The largest absolute Gasteiger partial charge is 0.493 e. The summed E-state index contributed by atoms with van der Waals surface area (Å²) in [4.78, 5) is 37.7. The molecule has 1 fully saturated rings. The molecule has 0 radical (unpaired) electrons. The van der Waals surface area contributed by atoms with E-state index in [9.17, 15) is 14.7 Å². The number of aliphatic carboxylic acids is 1. The number of nitrogens with zero attached hydrogens (tertiary/aromatic N) is 4. The summed E-state index contributed by atoms with van der Waals surface area (Å²) in [5.74, 6) is -0.909. The van der Waals surface area contributed by atoms with Crippen molar-refractivity contribution in [2.24, 2.45) is 5.92 Å². The normalized spacial score (nSPS) is 21.6. The fraction of sp³-hybridized carbons (Fsp3) is 0.577. The molecule has 0 aliphatic carbocycles. The maximum atomic E-state index is 13.2. The number of carbonyl (C=O) groups is 2. The number of fused-ring (bicyclic) bond motifs is 1. The topological polar surface area (TPSA) is 97.1 Å². The summed E-state index contributed by atoms with van der Waals surface area (Å²) in [5.41, 5.74) is 2.12. The minimum atomic E-state index is -0.829. The maximum Gasteiger partial charge on any atom is 0.308 e. The lowest BCUT2D eigenvalue weighted by atomic mass is 9.83. The van der Waals surface area contributed by atoms with Gasteiger partial charge in [0.1, 0.15) is 5.75 Å². The second-order valence-corrected chi connectivity index (χ2v) is 9.35. The number of carboxylic acid groups (broad SMARTS) is 1. The van der Waals surface area contributed by atoms with Crippen molar-refractivity contribution in [3.8, 4) is 5.75 Å². The zero-order valence-electron chi connectivity index (χ0n) is 20.6. The Kier molecular flexibility index (Phi) is 8.41. The Morgan fingerprint density at radius 2 is 2.14 bits per heavy atom. The molecule has 9 nitrogen and oxygen atoms in total. The van der Waals surface area contributed by atoms with E-state index in [0.717, 1.165) is 36.1 Å². The van der Waals surface area contributed by atoms with Crippen LogP contribution in [-0.2, 0) is 27.4 Å². The Morgan fingerprint density at radius 3 is 2.86 bits per heavy atom. The molecule has 2 aromatic rings. The molecule has 190 valence electrons. The first-order valence-corrected chi connectivity index (χ1v) is 12.6. The average molecular weight is 485 g/mol.